The van der Waals surface area contributed by atoms with Gasteiger partial charge in [0.25, 0.3) is 5.91 Å². The van der Waals surface area contributed by atoms with Crippen LogP contribution in [0.3, 0.4) is 0 Å². The van der Waals surface area contributed by atoms with Crippen molar-refractivity contribution >= 4 is 29.1 Å². The Hall–Kier alpha value is -2.52. The smallest absolute Gasteiger partial charge is 0.417 e. The SMILES string of the molecule is Cc1ccc(C(=O)N2CCN(C(C)C(=O)Nc3ccc(Cl)c(C(F)(F)F)c3)CC2)o1. The van der Waals surface area contributed by atoms with E-state index in [1.54, 1.807) is 30.9 Å². The molecule has 0 saturated carbocycles. The van der Waals surface area contributed by atoms with Crippen molar-refractivity contribution in [1.82, 2.24) is 9.80 Å². The Morgan fingerprint density at radius 2 is 1.80 bits per heavy atom. The number of carbonyl (C=O) groups is 2. The van der Waals surface area contributed by atoms with E-state index in [1.165, 1.54) is 6.07 Å². The predicted octanol–water partition coefficient (Wildman–Crippen LogP) is 4.05. The Bertz CT molecular complexity index is 937. The van der Waals surface area contributed by atoms with Gasteiger partial charge in [-0.3, -0.25) is 14.5 Å². The van der Waals surface area contributed by atoms with Crippen LogP contribution in [-0.2, 0) is 11.0 Å². The zero-order chi connectivity index (χ0) is 22.1. The van der Waals surface area contributed by atoms with Gasteiger partial charge in [-0.25, -0.2) is 0 Å². The van der Waals surface area contributed by atoms with E-state index >= 15 is 0 Å². The predicted molar refractivity (Wildman–Crippen MR) is 105 cm³/mol. The maximum absolute atomic E-state index is 13.0. The summed E-state index contributed by atoms with van der Waals surface area (Å²) in [7, 11) is 0. The molecule has 0 spiro atoms. The highest BCUT2D eigenvalue weighted by atomic mass is 35.5. The fourth-order valence-corrected chi connectivity index (χ4v) is 3.48. The molecule has 0 radical (unpaired) electrons. The quantitative estimate of drug-likeness (QED) is 0.774. The molecule has 1 fully saturated rings. The van der Waals surface area contributed by atoms with Crippen LogP contribution in [0.2, 0.25) is 5.02 Å². The number of amides is 2. The van der Waals surface area contributed by atoms with Gasteiger partial charge in [-0.1, -0.05) is 11.6 Å². The molecule has 1 aliphatic heterocycles. The number of piperazine rings is 1. The number of nitrogens with zero attached hydrogens (tertiary/aromatic N) is 2. The molecular formula is C20H21ClF3N3O3. The molecular weight excluding hydrogens is 423 g/mol. The van der Waals surface area contributed by atoms with Gasteiger partial charge in [0, 0.05) is 31.9 Å². The summed E-state index contributed by atoms with van der Waals surface area (Å²) in [5.41, 5.74) is -0.986. The van der Waals surface area contributed by atoms with E-state index in [9.17, 15) is 22.8 Å². The zero-order valence-electron chi connectivity index (χ0n) is 16.4. The van der Waals surface area contributed by atoms with Crippen molar-refractivity contribution in [2.75, 3.05) is 31.5 Å². The lowest BCUT2D eigenvalue weighted by Gasteiger charge is -2.37. The van der Waals surface area contributed by atoms with E-state index < -0.39 is 28.7 Å². The second kappa shape index (κ2) is 8.69. The number of carbonyl (C=O) groups excluding carboxylic acids is 2. The summed E-state index contributed by atoms with van der Waals surface area (Å²) < 4.78 is 44.4. The van der Waals surface area contributed by atoms with E-state index in [1.807, 2.05) is 4.90 Å². The van der Waals surface area contributed by atoms with Crippen LogP contribution in [-0.4, -0.2) is 53.8 Å². The summed E-state index contributed by atoms with van der Waals surface area (Å²) in [6.45, 7) is 5.16. The Kier molecular flexibility index (Phi) is 6.42. The molecule has 2 aromatic rings. The molecule has 1 saturated heterocycles. The molecule has 2 heterocycles. The largest absolute Gasteiger partial charge is 0.456 e. The van der Waals surface area contributed by atoms with E-state index in [0.29, 0.717) is 31.9 Å². The fraction of sp³-hybridized carbons (Fsp3) is 0.400. The van der Waals surface area contributed by atoms with Crippen LogP contribution in [0.4, 0.5) is 18.9 Å². The molecule has 1 atom stereocenters. The van der Waals surface area contributed by atoms with Gasteiger partial charge in [0.15, 0.2) is 5.76 Å². The highest BCUT2D eigenvalue weighted by molar-refractivity contribution is 6.31. The number of rotatable bonds is 4. The number of hydrogen-bond donors (Lipinski definition) is 1. The molecule has 2 amide bonds. The monoisotopic (exact) mass is 443 g/mol. The summed E-state index contributed by atoms with van der Waals surface area (Å²) in [6.07, 6.45) is -4.61. The third-order valence-electron chi connectivity index (χ3n) is 5.02. The van der Waals surface area contributed by atoms with Crippen molar-refractivity contribution in [1.29, 1.82) is 0 Å². The van der Waals surface area contributed by atoms with E-state index in [-0.39, 0.29) is 17.4 Å². The molecule has 1 N–H and O–H groups in total. The van der Waals surface area contributed by atoms with Gasteiger partial charge < -0.3 is 14.6 Å². The third-order valence-corrected chi connectivity index (χ3v) is 5.35. The first kappa shape index (κ1) is 22.2. The first-order valence-electron chi connectivity index (χ1n) is 9.33. The molecule has 30 heavy (non-hydrogen) atoms. The number of anilines is 1. The molecule has 1 aromatic carbocycles. The molecule has 10 heteroatoms. The topological polar surface area (TPSA) is 65.8 Å². The summed E-state index contributed by atoms with van der Waals surface area (Å²) in [4.78, 5) is 28.5. The van der Waals surface area contributed by atoms with Crippen LogP contribution < -0.4 is 5.32 Å². The normalized spacial score (nSPS) is 16.4. The van der Waals surface area contributed by atoms with E-state index in [0.717, 1.165) is 12.1 Å². The molecule has 162 valence electrons. The number of nitrogens with one attached hydrogen (secondary N) is 1. The van der Waals surface area contributed by atoms with Gasteiger partial charge >= 0.3 is 6.18 Å². The van der Waals surface area contributed by atoms with Gasteiger partial charge in [-0.05, 0) is 44.2 Å². The highest BCUT2D eigenvalue weighted by Gasteiger charge is 2.34. The second-order valence-electron chi connectivity index (χ2n) is 7.10. The lowest BCUT2D eigenvalue weighted by molar-refractivity contribution is -0.137. The van der Waals surface area contributed by atoms with Crippen LogP contribution >= 0.6 is 11.6 Å². The van der Waals surface area contributed by atoms with Crippen LogP contribution in [0.5, 0.6) is 0 Å². The number of hydrogen-bond acceptors (Lipinski definition) is 4. The number of alkyl halides is 3. The van der Waals surface area contributed by atoms with Gasteiger partial charge in [-0.15, -0.1) is 0 Å². The summed E-state index contributed by atoms with van der Waals surface area (Å²) in [5.74, 6) is 0.278. The minimum atomic E-state index is -4.61. The molecule has 0 bridgehead atoms. The van der Waals surface area contributed by atoms with Crippen LogP contribution in [0, 0.1) is 6.92 Å². The summed E-state index contributed by atoms with van der Waals surface area (Å²) in [6, 6.07) is 6.00. The number of aryl methyl sites for hydroxylation is 1. The molecule has 1 aliphatic rings. The Balaban J connectivity index is 1.58. The maximum Gasteiger partial charge on any atom is 0.417 e. The first-order chi connectivity index (χ1) is 14.1. The minimum absolute atomic E-state index is 0.0191. The van der Waals surface area contributed by atoms with E-state index in [4.69, 9.17) is 16.0 Å². The Morgan fingerprint density at radius 3 is 2.37 bits per heavy atom. The zero-order valence-corrected chi connectivity index (χ0v) is 17.2. The minimum Gasteiger partial charge on any atom is -0.456 e. The van der Waals surface area contributed by atoms with Gasteiger partial charge in [0.1, 0.15) is 5.76 Å². The standard InChI is InChI=1S/C20H21ClF3N3O3/c1-12-3-6-17(30-12)19(29)27-9-7-26(8-10-27)13(2)18(28)25-14-4-5-16(21)15(11-14)20(22,23)24/h3-6,11,13H,7-10H2,1-2H3,(H,25,28). The lowest BCUT2D eigenvalue weighted by Crippen LogP contribution is -2.54. The third kappa shape index (κ3) is 4.96. The first-order valence-corrected chi connectivity index (χ1v) is 9.71. The number of halogens is 4. The fourth-order valence-electron chi connectivity index (χ4n) is 3.25. The second-order valence-corrected chi connectivity index (χ2v) is 7.50. The summed E-state index contributed by atoms with van der Waals surface area (Å²) in [5, 5.41) is 2.08. The van der Waals surface area contributed by atoms with Gasteiger partial charge in [-0.2, -0.15) is 13.2 Å². The van der Waals surface area contributed by atoms with Crippen molar-refractivity contribution < 1.29 is 27.2 Å². The average Bonchev–Trinajstić information content (AvgIpc) is 3.14. The number of benzene rings is 1. The average molecular weight is 444 g/mol. The molecule has 3 rings (SSSR count). The Morgan fingerprint density at radius 1 is 1.13 bits per heavy atom. The lowest BCUT2D eigenvalue weighted by atomic mass is 10.1. The van der Waals surface area contributed by atoms with Crippen molar-refractivity contribution in [2.45, 2.75) is 26.1 Å². The Labute approximate surface area is 176 Å². The highest BCUT2D eigenvalue weighted by Crippen LogP contribution is 2.36. The molecule has 6 nitrogen and oxygen atoms in total. The van der Waals surface area contributed by atoms with Gasteiger partial charge in [0.2, 0.25) is 5.91 Å². The van der Waals surface area contributed by atoms with Gasteiger partial charge in [0.05, 0.1) is 16.6 Å². The molecule has 1 unspecified atom stereocenters. The van der Waals surface area contributed by atoms with Crippen molar-refractivity contribution in [3.8, 4) is 0 Å². The number of furan rings is 1. The van der Waals surface area contributed by atoms with Crippen LogP contribution in [0.15, 0.2) is 34.7 Å². The van der Waals surface area contributed by atoms with E-state index in [2.05, 4.69) is 5.32 Å². The summed E-state index contributed by atoms with van der Waals surface area (Å²) >= 11 is 5.61. The van der Waals surface area contributed by atoms with Crippen molar-refractivity contribution in [3.05, 3.63) is 52.4 Å². The van der Waals surface area contributed by atoms with Crippen LogP contribution in [0.25, 0.3) is 0 Å². The maximum atomic E-state index is 13.0. The van der Waals surface area contributed by atoms with Crippen molar-refractivity contribution in [2.24, 2.45) is 0 Å². The van der Waals surface area contributed by atoms with Crippen LogP contribution in [0.1, 0.15) is 28.8 Å². The molecule has 1 aromatic heterocycles. The molecule has 0 aliphatic carbocycles. The van der Waals surface area contributed by atoms with Crippen molar-refractivity contribution in [3.63, 3.8) is 0 Å².